The van der Waals surface area contributed by atoms with Gasteiger partial charge in [0.25, 0.3) is 0 Å². The van der Waals surface area contributed by atoms with E-state index in [0.29, 0.717) is 13.0 Å². The second-order valence-corrected chi connectivity index (χ2v) is 2.28. The predicted octanol–water partition coefficient (Wildman–Crippen LogP) is -1.80. The van der Waals surface area contributed by atoms with Gasteiger partial charge in [-0.15, -0.1) is 12.3 Å². The van der Waals surface area contributed by atoms with E-state index in [1.807, 2.05) is 0 Å². The number of carbonyl (C=O) groups is 2. The second-order valence-electron chi connectivity index (χ2n) is 2.28. The molecule has 0 aromatic heterocycles. The minimum atomic E-state index is -0.355. The van der Waals surface area contributed by atoms with Crippen LogP contribution < -0.4 is 16.4 Å². The number of amides is 2. The zero-order valence-corrected chi connectivity index (χ0v) is 7.30. The van der Waals surface area contributed by atoms with Crippen molar-refractivity contribution in [1.29, 1.82) is 0 Å². The molecule has 0 aliphatic heterocycles. The highest BCUT2D eigenvalue weighted by Crippen LogP contribution is 1.71. The van der Waals surface area contributed by atoms with Gasteiger partial charge in [0.1, 0.15) is 0 Å². The van der Waals surface area contributed by atoms with Crippen LogP contribution in [-0.2, 0) is 9.59 Å². The first kappa shape index (κ1) is 11.5. The number of nitrogens with two attached hydrogens (primary N) is 1. The molecule has 72 valence electrons. The Bertz CT molecular complexity index is 220. The van der Waals surface area contributed by atoms with Crippen molar-refractivity contribution in [2.45, 2.75) is 6.42 Å². The zero-order chi connectivity index (χ0) is 10.1. The molecule has 0 saturated carbocycles. The van der Waals surface area contributed by atoms with Gasteiger partial charge in [0.2, 0.25) is 11.8 Å². The summed E-state index contributed by atoms with van der Waals surface area (Å²) in [7, 11) is 0. The molecule has 0 atom stereocenters. The van der Waals surface area contributed by atoms with Gasteiger partial charge in [0, 0.05) is 13.0 Å². The van der Waals surface area contributed by atoms with E-state index in [9.17, 15) is 9.59 Å². The van der Waals surface area contributed by atoms with E-state index in [1.54, 1.807) is 0 Å². The molecular formula is C8H13N3O2. The first-order valence-corrected chi connectivity index (χ1v) is 3.87. The van der Waals surface area contributed by atoms with Crippen LogP contribution in [0.5, 0.6) is 0 Å². The summed E-state index contributed by atoms with van der Waals surface area (Å²) in [6, 6.07) is 0. The average Bonchev–Trinajstić information content (AvgIpc) is 2.14. The molecule has 0 aliphatic rings. The van der Waals surface area contributed by atoms with E-state index in [-0.39, 0.29) is 24.9 Å². The van der Waals surface area contributed by atoms with Crippen molar-refractivity contribution in [3.8, 4) is 12.3 Å². The summed E-state index contributed by atoms with van der Waals surface area (Å²) in [4.78, 5) is 21.5. The molecule has 13 heavy (non-hydrogen) atoms. The maximum absolute atomic E-state index is 10.9. The fourth-order valence-electron chi connectivity index (χ4n) is 0.588. The van der Waals surface area contributed by atoms with E-state index in [1.165, 1.54) is 0 Å². The Morgan fingerprint density at radius 3 is 2.54 bits per heavy atom. The van der Waals surface area contributed by atoms with Crippen LogP contribution in [0.15, 0.2) is 0 Å². The van der Waals surface area contributed by atoms with E-state index >= 15 is 0 Å². The van der Waals surface area contributed by atoms with Crippen LogP contribution in [0, 0.1) is 12.3 Å². The lowest BCUT2D eigenvalue weighted by molar-refractivity contribution is -0.125. The average molecular weight is 183 g/mol. The lowest BCUT2D eigenvalue weighted by atomic mass is 10.4. The summed E-state index contributed by atoms with van der Waals surface area (Å²) in [5, 5.41) is 4.86. The molecule has 0 heterocycles. The van der Waals surface area contributed by atoms with Crippen LogP contribution in [0.4, 0.5) is 0 Å². The van der Waals surface area contributed by atoms with Crippen LogP contribution >= 0.6 is 0 Å². The second kappa shape index (κ2) is 7.13. The fraction of sp³-hybridized carbons (Fsp3) is 0.500. The molecule has 4 N–H and O–H groups in total. The molecule has 0 radical (unpaired) electrons. The third kappa shape index (κ3) is 6.84. The van der Waals surface area contributed by atoms with E-state index in [2.05, 4.69) is 16.6 Å². The first-order valence-electron chi connectivity index (χ1n) is 3.87. The van der Waals surface area contributed by atoms with Crippen LogP contribution in [-0.4, -0.2) is 31.4 Å². The van der Waals surface area contributed by atoms with Gasteiger partial charge < -0.3 is 16.4 Å². The third-order valence-electron chi connectivity index (χ3n) is 1.22. The van der Waals surface area contributed by atoms with Crippen molar-refractivity contribution in [3.63, 3.8) is 0 Å². The quantitative estimate of drug-likeness (QED) is 0.347. The van der Waals surface area contributed by atoms with Crippen molar-refractivity contribution in [1.82, 2.24) is 10.6 Å². The minimum absolute atomic E-state index is 0.0550. The Balaban J connectivity index is 3.42. The molecule has 0 aromatic carbocycles. The predicted molar refractivity (Wildman–Crippen MR) is 48.5 cm³/mol. The topological polar surface area (TPSA) is 84.2 Å². The Labute approximate surface area is 77.1 Å². The molecule has 2 amide bonds. The van der Waals surface area contributed by atoms with E-state index < -0.39 is 0 Å². The van der Waals surface area contributed by atoms with Gasteiger partial charge in [-0.2, -0.15) is 0 Å². The molecule has 0 bridgehead atoms. The number of carbonyl (C=O) groups excluding carboxylic acids is 2. The Hall–Kier alpha value is -1.54. The highest BCUT2D eigenvalue weighted by atomic mass is 16.2. The molecule has 5 heteroatoms. The maximum Gasteiger partial charge on any atom is 0.239 e. The normalized spacial score (nSPS) is 8.62. The van der Waals surface area contributed by atoms with Crippen molar-refractivity contribution in [3.05, 3.63) is 0 Å². The molecule has 0 saturated heterocycles. The number of terminal acetylenes is 1. The van der Waals surface area contributed by atoms with Crippen LogP contribution in [0.2, 0.25) is 0 Å². The third-order valence-corrected chi connectivity index (χ3v) is 1.22. The fourth-order valence-corrected chi connectivity index (χ4v) is 0.588. The summed E-state index contributed by atoms with van der Waals surface area (Å²) >= 11 is 0. The Morgan fingerprint density at radius 1 is 1.31 bits per heavy atom. The summed E-state index contributed by atoms with van der Waals surface area (Å²) in [5.41, 5.74) is 5.01. The lowest BCUT2D eigenvalue weighted by Crippen LogP contribution is -2.39. The minimum Gasteiger partial charge on any atom is -0.354 e. The number of nitrogens with one attached hydrogen (secondary N) is 2. The molecule has 0 rings (SSSR count). The Morgan fingerprint density at radius 2 is 2.00 bits per heavy atom. The molecule has 0 aliphatic carbocycles. The maximum atomic E-state index is 10.9. The SMILES string of the molecule is C#CCCNC(=O)CNC(=O)CN. The van der Waals surface area contributed by atoms with Gasteiger partial charge >= 0.3 is 0 Å². The molecule has 5 nitrogen and oxygen atoms in total. The van der Waals surface area contributed by atoms with Gasteiger partial charge in [-0.05, 0) is 0 Å². The molecule has 0 unspecified atom stereocenters. The highest BCUT2D eigenvalue weighted by Gasteiger charge is 2.01. The number of hydrogen-bond acceptors (Lipinski definition) is 3. The smallest absolute Gasteiger partial charge is 0.239 e. The van der Waals surface area contributed by atoms with Crippen molar-refractivity contribution in [2.75, 3.05) is 19.6 Å². The van der Waals surface area contributed by atoms with Crippen molar-refractivity contribution in [2.24, 2.45) is 5.73 Å². The summed E-state index contributed by atoms with van der Waals surface area (Å²) in [6.07, 6.45) is 5.45. The summed E-state index contributed by atoms with van der Waals surface area (Å²) in [6.45, 7) is 0.256. The highest BCUT2D eigenvalue weighted by molar-refractivity contribution is 5.85. The van der Waals surface area contributed by atoms with Gasteiger partial charge in [0.05, 0.1) is 13.1 Å². The lowest BCUT2D eigenvalue weighted by Gasteiger charge is -2.03. The van der Waals surface area contributed by atoms with Crippen LogP contribution in [0.1, 0.15) is 6.42 Å². The largest absolute Gasteiger partial charge is 0.354 e. The summed E-state index contributed by atoms with van der Waals surface area (Å²) < 4.78 is 0. The molecular weight excluding hydrogens is 170 g/mol. The van der Waals surface area contributed by atoms with Gasteiger partial charge in [0.15, 0.2) is 0 Å². The molecule has 0 spiro atoms. The van der Waals surface area contributed by atoms with Crippen molar-refractivity contribution < 1.29 is 9.59 Å². The van der Waals surface area contributed by atoms with Crippen molar-refractivity contribution >= 4 is 11.8 Å². The standard InChI is InChI=1S/C8H13N3O2/c1-2-3-4-10-8(13)6-11-7(12)5-9/h1H,3-6,9H2,(H,10,13)(H,11,12). The Kier molecular flexibility index (Phi) is 6.28. The monoisotopic (exact) mass is 183 g/mol. The van der Waals surface area contributed by atoms with E-state index in [4.69, 9.17) is 12.2 Å². The molecule has 0 aromatic rings. The zero-order valence-electron chi connectivity index (χ0n) is 7.30. The van der Waals surface area contributed by atoms with Crippen LogP contribution in [0.3, 0.4) is 0 Å². The number of rotatable bonds is 5. The van der Waals surface area contributed by atoms with Crippen LogP contribution in [0.25, 0.3) is 0 Å². The van der Waals surface area contributed by atoms with Gasteiger partial charge in [-0.3, -0.25) is 9.59 Å². The van der Waals surface area contributed by atoms with Gasteiger partial charge in [-0.25, -0.2) is 0 Å². The molecule has 0 fully saturated rings. The first-order chi connectivity index (χ1) is 6.20. The summed E-state index contributed by atoms with van der Waals surface area (Å²) in [5.74, 6) is 1.76. The van der Waals surface area contributed by atoms with E-state index in [0.717, 1.165) is 0 Å². The van der Waals surface area contributed by atoms with Gasteiger partial charge in [-0.1, -0.05) is 0 Å². The number of hydrogen-bond donors (Lipinski definition) is 3.